The Morgan fingerprint density at radius 2 is 2.19 bits per heavy atom. The van der Waals surface area contributed by atoms with Gasteiger partial charge in [-0.2, -0.15) is 24.4 Å². The van der Waals surface area contributed by atoms with Gasteiger partial charge < -0.3 is 25.5 Å². The number of carbonyl (C=O) groups excluding carboxylic acids is 2. The first-order valence-corrected chi connectivity index (χ1v) is 15.9. The van der Waals surface area contributed by atoms with Gasteiger partial charge in [-0.05, 0) is 4.98 Å². The molecule has 1 saturated carbocycles. The van der Waals surface area contributed by atoms with E-state index in [-0.39, 0.29) is 39.8 Å². The first-order chi connectivity index (χ1) is 20.4. The van der Waals surface area contributed by atoms with Gasteiger partial charge in [0.05, 0.1) is 36.3 Å². The number of nitrogens with two attached hydrogens (primary N) is 1. The molecule has 2 aliphatic heterocycles. The number of nitrogen functional groups attached to an aromatic ring is 1. The summed E-state index contributed by atoms with van der Waals surface area (Å²) in [6, 6.07) is -2.83. The molecule has 0 aromatic carbocycles. The van der Waals surface area contributed by atoms with E-state index in [1.807, 2.05) is 9.36 Å². The van der Waals surface area contributed by atoms with Gasteiger partial charge in [0.2, 0.25) is 11.9 Å². The predicted octanol–water partition coefficient (Wildman–Crippen LogP) is -2.69. The average Bonchev–Trinajstić information content (AvgIpc) is 3.31. The molecule has 4 N–H and O–H groups in total. The normalized spacial score (nSPS) is 22.6. The van der Waals surface area contributed by atoms with E-state index in [0.29, 0.717) is 11.4 Å². The Morgan fingerprint density at radius 3 is 2.84 bits per heavy atom. The Bertz CT molecular complexity index is 1710. The molecule has 2 atom stereocenters. The minimum absolute atomic E-state index is 0.0571. The maximum Gasteiger partial charge on any atom is 0.350 e. The number of hydrogen-bond acceptors (Lipinski definition) is 15. The molecule has 19 nitrogen and oxygen atoms in total. The van der Waals surface area contributed by atoms with E-state index < -0.39 is 51.5 Å². The number of nitrogens with zero attached hydrogens (tertiary/aromatic N) is 9. The third kappa shape index (κ3) is 5.77. The van der Waals surface area contributed by atoms with Gasteiger partial charge >= 0.3 is 12.3 Å². The van der Waals surface area contributed by atoms with Crippen LogP contribution in [0.2, 0.25) is 0 Å². The number of carboxylic acid groups (broad SMARTS) is 1. The van der Waals surface area contributed by atoms with E-state index >= 15 is 0 Å². The first-order valence-electron chi connectivity index (χ1n) is 12.6. The Labute approximate surface area is 250 Å². The summed E-state index contributed by atoms with van der Waals surface area (Å²) in [4.78, 5) is 51.8. The molecule has 0 radical (unpaired) electrons. The molecule has 43 heavy (non-hydrogen) atoms. The van der Waals surface area contributed by atoms with Crippen LogP contribution in [0.15, 0.2) is 29.4 Å². The molecule has 2 amide bonds. The lowest BCUT2D eigenvalue weighted by molar-refractivity contribution is -0.758. The van der Waals surface area contributed by atoms with Gasteiger partial charge in [-0.15, -0.1) is 23.1 Å². The Morgan fingerprint density at radius 1 is 1.40 bits per heavy atom. The number of hydrogen-bond donors (Lipinski definition) is 3. The number of nitrogens with one attached hydrogen (secondary N) is 1. The van der Waals surface area contributed by atoms with Crippen LogP contribution in [0, 0.1) is 0 Å². The number of oxime groups is 1. The maximum absolute atomic E-state index is 13.2. The van der Waals surface area contributed by atoms with Gasteiger partial charge in [-0.25, -0.2) is 22.5 Å². The number of carboxylic acids is 1. The molecule has 5 heterocycles. The number of β-lactam (4-membered cyclic amide) rings is 1. The molecule has 3 aromatic rings. The van der Waals surface area contributed by atoms with Crippen molar-refractivity contribution in [3.05, 3.63) is 35.6 Å². The molecule has 3 aliphatic rings. The monoisotopic (exact) mass is 653 g/mol. The third-order valence-corrected chi connectivity index (χ3v) is 9.83. The quantitative estimate of drug-likeness (QED) is 0.0591. The molecule has 0 bridgehead atoms. The highest BCUT2D eigenvalue weighted by molar-refractivity contribution is 7.99. The lowest BCUT2D eigenvalue weighted by Gasteiger charge is -2.46. The van der Waals surface area contributed by atoms with Crippen LogP contribution in [0.5, 0.6) is 0 Å². The minimum atomic E-state index is -5.24. The third-order valence-electron chi connectivity index (χ3n) is 6.99. The standard InChI is InChI=1S/C21H23N11O8S3/c22-20-25-13(8-42-20)15(28-40-21(1-2-21)19(35)36)17(33)26-16-14(32(18(16)34)43(37,38)39)6-31-24-3-11(27-31)7-41-12-4-29-9-23-10-30(29)5-12/h3,8-10,12,14,16H,1-2,4-7H2,(H4-,22,25,26,33,35,36,37,38,39)/b28-15-/t14-,16+/m1/s1. The molecule has 6 rings (SSSR count). The van der Waals surface area contributed by atoms with E-state index in [2.05, 4.69) is 30.6 Å². The van der Waals surface area contributed by atoms with Crippen molar-refractivity contribution in [3.8, 4) is 0 Å². The summed E-state index contributed by atoms with van der Waals surface area (Å²) < 4.78 is 39.7. The summed E-state index contributed by atoms with van der Waals surface area (Å²) in [5.74, 6) is -2.96. The highest BCUT2D eigenvalue weighted by atomic mass is 32.2. The van der Waals surface area contributed by atoms with Crippen molar-refractivity contribution < 1.29 is 42.0 Å². The Hall–Kier alpha value is -4.15. The maximum atomic E-state index is 13.2. The SMILES string of the molecule is Nc1nc(/C(=N/OC2(C(=O)O)CC2)C(=O)N[C@@H]2C(=O)N(S(=O)(=O)[O-])[C@@H]2Cn2ncc(CSC3Cn4cnc[n+]4C3)n2)cs1. The van der Waals surface area contributed by atoms with Crippen LogP contribution in [-0.4, -0.2) is 98.5 Å². The number of rotatable bonds is 12. The fourth-order valence-corrected chi connectivity index (χ4v) is 7.05. The number of anilines is 1. The summed E-state index contributed by atoms with van der Waals surface area (Å²) >= 11 is 2.62. The number of thiazole rings is 1. The lowest BCUT2D eigenvalue weighted by Crippen LogP contribution is -2.73. The highest BCUT2D eigenvalue weighted by Crippen LogP contribution is 2.40. The lowest BCUT2D eigenvalue weighted by atomic mass is 9.98. The topological polar surface area (TPSA) is 257 Å². The summed E-state index contributed by atoms with van der Waals surface area (Å²) in [7, 11) is -5.24. The van der Waals surface area contributed by atoms with Crippen LogP contribution >= 0.6 is 23.1 Å². The summed E-state index contributed by atoms with van der Waals surface area (Å²) in [5.41, 5.74) is 4.13. The molecule has 3 aromatic heterocycles. The molecule has 1 saturated heterocycles. The van der Waals surface area contributed by atoms with Crippen molar-refractivity contribution in [2.24, 2.45) is 5.16 Å². The van der Waals surface area contributed by atoms with Crippen molar-refractivity contribution in [2.75, 3.05) is 5.73 Å². The number of thioether (sulfide) groups is 1. The molecular weight excluding hydrogens is 631 g/mol. The predicted molar refractivity (Wildman–Crippen MR) is 144 cm³/mol. The van der Waals surface area contributed by atoms with E-state index in [9.17, 15) is 32.5 Å². The molecule has 0 spiro atoms. The van der Waals surface area contributed by atoms with Crippen LogP contribution in [0.1, 0.15) is 24.2 Å². The van der Waals surface area contributed by atoms with Crippen LogP contribution < -0.4 is 15.7 Å². The number of carbonyl (C=O) groups is 3. The summed E-state index contributed by atoms with van der Waals surface area (Å²) in [6.45, 7) is 1.23. The summed E-state index contributed by atoms with van der Waals surface area (Å²) in [6.07, 6.45) is 5.32. The molecule has 228 valence electrons. The second kappa shape index (κ2) is 10.8. The molecular formula is C21H23N11O8S3. The van der Waals surface area contributed by atoms with Gasteiger partial charge in [0.1, 0.15) is 18.3 Å². The Balaban J connectivity index is 1.15. The van der Waals surface area contributed by atoms with Crippen molar-refractivity contribution in [2.45, 2.75) is 61.2 Å². The van der Waals surface area contributed by atoms with E-state index in [1.165, 1.54) is 11.6 Å². The fraction of sp³-hybridized carbons (Fsp3) is 0.476. The fourth-order valence-electron chi connectivity index (χ4n) is 4.59. The van der Waals surface area contributed by atoms with Crippen molar-refractivity contribution in [1.82, 2.24) is 39.3 Å². The van der Waals surface area contributed by atoms with Gasteiger partial charge in [0.15, 0.2) is 21.1 Å². The molecule has 1 aliphatic carbocycles. The zero-order valence-corrected chi connectivity index (χ0v) is 24.4. The van der Waals surface area contributed by atoms with E-state index in [4.69, 9.17) is 10.6 Å². The van der Waals surface area contributed by atoms with Crippen LogP contribution in [0.25, 0.3) is 0 Å². The second-order valence-corrected chi connectivity index (χ2v) is 13.4. The Kier molecular flexibility index (Phi) is 7.30. The zero-order chi connectivity index (χ0) is 30.5. The number of aliphatic carboxylic acids is 1. The molecule has 2 fully saturated rings. The average molecular weight is 654 g/mol. The van der Waals surface area contributed by atoms with Gasteiger partial charge in [-0.1, -0.05) is 5.16 Å². The smallest absolute Gasteiger partial charge is 0.350 e. The first kappa shape index (κ1) is 28.9. The largest absolute Gasteiger partial charge is 0.731 e. The number of amides is 2. The summed E-state index contributed by atoms with van der Waals surface area (Å²) in [5, 5.41) is 25.7. The van der Waals surface area contributed by atoms with Crippen LogP contribution in [-0.2, 0) is 54.9 Å². The van der Waals surface area contributed by atoms with Crippen molar-refractivity contribution in [3.63, 3.8) is 0 Å². The van der Waals surface area contributed by atoms with Gasteiger partial charge in [-0.3, -0.25) is 9.59 Å². The highest BCUT2D eigenvalue weighted by Gasteiger charge is 2.55. The zero-order valence-electron chi connectivity index (χ0n) is 21.9. The van der Waals surface area contributed by atoms with Crippen molar-refractivity contribution >= 4 is 62.0 Å². The van der Waals surface area contributed by atoms with Gasteiger partial charge in [0.25, 0.3) is 11.8 Å². The van der Waals surface area contributed by atoms with Crippen molar-refractivity contribution in [1.29, 1.82) is 0 Å². The number of aromatic nitrogens is 7. The van der Waals surface area contributed by atoms with E-state index in [1.54, 1.807) is 24.4 Å². The molecule has 22 heteroatoms. The number of fused-ring (bicyclic) bond motifs is 1. The van der Waals surface area contributed by atoms with E-state index in [0.717, 1.165) is 29.2 Å². The van der Waals surface area contributed by atoms with Crippen LogP contribution in [0.4, 0.5) is 5.13 Å². The minimum Gasteiger partial charge on any atom is -0.731 e. The molecule has 0 unspecified atom stereocenters. The van der Waals surface area contributed by atoms with Crippen LogP contribution in [0.3, 0.4) is 0 Å². The second-order valence-electron chi connectivity index (χ2n) is 9.96. The van der Waals surface area contributed by atoms with Gasteiger partial charge in [0, 0.05) is 24.0 Å².